The first-order valence-electron chi connectivity index (χ1n) is 4.74. The first-order chi connectivity index (χ1) is 7.88. The molecule has 1 aromatic rings. The maximum atomic E-state index is 11.7. The van der Waals surface area contributed by atoms with Crippen LogP contribution in [-0.4, -0.2) is 41.3 Å². The molecule has 7 heteroatoms. The number of carboxylic acid groups (broad SMARTS) is 1. The molecule has 1 aromatic heterocycles. The summed E-state index contributed by atoms with van der Waals surface area (Å²) in [5.41, 5.74) is -1.99. The maximum Gasteiger partial charge on any atom is 0.337 e. The van der Waals surface area contributed by atoms with E-state index in [1.807, 2.05) is 0 Å². The van der Waals surface area contributed by atoms with E-state index in [0.29, 0.717) is 10.6 Å². The van der Waals surface area contributed by atoms with Crippen LogP contribution in [0.5, 0.6) is 5.75 Å². The first-order valence-corrected chi connectivity index (χ1v) is 5.62. The fraction of sp³-hybridized carbons (Fsp3) is 0.400. The summed E-state index contributed by atoms with van der Waals surface area (Å²) in [5, 5.41) is 22.1. The molecule has 0 aliphatic carbocycles. The standard InChI is InChI=1S/C10H13NO5S/c1-10(15,9(13)14)5-11-8(12)7-6(16-2)3-4-17-7/h3-4,15H,5H2,1-2H3,(H,11,12)(H,13,14). The quantitative estimate of drug-likeness (QED) is 0.708. The highest BCUT2D eigenvalue weighted by molar-refractivity contribution is 7.12. The Morgan fingerprint density at radius 3 is 2.76 bits per heavy atom. The van der Waals surface area contributed by atoms with Crippen molar-refractivity contribution in [2.75, 3.05) is 13.7 Å². The van der Waals surface area contributed by atoms with Crippen LogP contribution in [0.2, 0.25) is 0 Å². The molecular formula is C10H13NO5S. The molecule has 1 atom stereocenters. The van der Waals surface area contributed by atoms with Gasteiger partial charge in [-0.05, 0) is 18.4 Å². The Labute approximate surface area is 102 Å². The monoisotopic (exact) mass is 259 g/mol. The minimum absolute atomic E-state index is 0.341. The van der Waals surface area contributed by atoms with Crippen molar-refractivity contribution < 1.29 is 24.5 Å². The van der Waals surface area contributed by atoms with Crippen LogP contribution in [0.4, 0.5) is 0 Å². The van der Waals surface area contributed by atoms with Crippen molar-refractivity contribution in [2.45, 2.75) is 12.5 Å². The van der Waals surface area contributed by atoms with Crippen molar-refractivity contribution >= 4 is 23.2 Å². The van der Waals surface area contributed by atoms with Crippen LogP contribution in [0.1, 0.15) is 16.6 Å². The van der Waals surface area contributed by atoms with Crippen molar-refractivity contribution in [1.82, 2.24) is 5.32 Å². The van der Waals surface area contributed by atoms with Crippen molar-refractivity contribution in [3.63, 3.8) is 0 Å². The minimum atomic E-state index is -1.99. The van der Waals surface area contributed by atoms with E-state index >= 15 is 0 Å². The normalized spacial score (nSPS) is 13.8. The highest BCUT2D eigenvalue weighted by Gasteiger charge is 2.30. The number of rotatable bonds is 5. The molecule has 0 spiro atoms. The summed E-state index contributed by atoms with van der Waals surface area (Å²) in [4.78, 5) is 22.6. The predicted molar refractivity (Wildman–Crippen MR) is 61.5 cm³/mol. The smallest absolute Gasteiger partial charge is 0.337 e. The molecule has 6 nitrogen and oxygen atoms in total. The molecule has 17 heavy (non-hydrogen) atoms. The number of hydrogen-bond donors (Lipinski definition) is 3. The lowest BCUT2D eigenvalue weighted by atomic mass is 10.1. The van der Waals surface area contributed by atoms with Crippen LogP contribution >= 0.6 is 11.3 Å². The van der Waals surface area contributed by atoms with Gasteiger partial charge in [0.05, 0.1) is 13.7 Å². The van der Waals surface area contributed by atoms with Crippen LogP contribution in [0.3, 0.4) is 0 Å². The van der Waals surface area contributed by atoms with Crippen molar-refractivity contribution in [2.24, 2.45) is 0 Å². The van der Waals surface area contributed by atoms with Gasteiger partial charge in [0.2, 0.25) is 0 Å². The lowest BCUT2D eigenvalue weighted by molar-refractivity contribution is -0.155. The third-order valence-electron chi connectivity index (χ3n) is 2.11. The number of hydrogen-bond acceptors (Lipinski definition) is 5. The average molecular weight is 259 g/mol. The van der Waals surface area contributed by atoms with Crippen LogP contribution in [0, 0.1) is 0 Å². The number of aliphatic hydroxyl groups is 1. The highest BCUT2D eigenvalue weighted by atomic mass is 32.1. The van der Waals surface area contributed by atoms with Gasteiger partial charge in [0, 0.05) is 0 Å². The average Bonchev–Trinajstić information content (AvgIpc) is 2.73. The van der Waals surface area contributed by atoms with E-state index in [2.05, 4.69) is 5.32 Å². The molecule has 0 saturated carbocycles. The molecule has 94 valence electrons. The molecule has 1 amide bonds. The van der Waals surface area contributed by atoms with Gasteiger partial charge in [0.25, 0.3) is 5.91 Å². The SMILES string of the molecule is COc1ccsc1C(=O)NCC(C)(O)C(=O)O. The number of methoxy groups -OCH3 is 1. The van der Waals surface area contributed by atoms with Crippen LogP contribution in [0.15, 0.2) is 11.4 Å². The molecule has 0 saturated heterocycles. The lowest BCUT2D eigenvalue weighted by Gasteiger charge is -2.18. The Hall–Kier alpha value is -1.60. The summed E-state index contributed by atoms with van der Waals surface area (Å²) in [7, 11) is 1.44. The van der Waals surface area contributed by atoms with Crippen molar-refractivity contribution in [3.05, 3.63) is 16.3 Å². The zero-order valence-corrected chi connectivity index (χ0v) is 10.2. The topological polar surface area (TPSA) is 95.9 Å². The Kier molecular flexibility index (Phi) is 4.08. The second kappa shape index (κ2) is 5.15. The first kappa shape index (κ1) is 13.5. The Bertz CT molecular complexity index is 426. The largest absolute Gasteiger partial charge is 0.495 e. The van der Waals surface area contributed by atoms with Crippen LogP contribution in [0.25, 0.3) is 0 Å². The number of carbonyl (C=O) groups is 2. The second-order valence-corrected chi connectivity index (χ2v) is 4.50. The lowest BCUT2D eigenvalue weighted by Crippen LogP contribution is -2.46. The van der Waals surface area contributed by atoms with Gasteiger partial charge in [-0.3, -0.25) is 4.79 Å². The molecular weight excluding hydrogens is 246 g/mol. The van der Waals surface area contributed by atoms with Crippen LogP contribution < -0.4 is 10.1 Å². The molecule has 1 heterocycles. The Morgan fingerprint density at radius 1 is 1.59 bits per heavy atom. The van der Waals surface area contributed by atoms with Crippen LogP contribution in [-0.2, 0) is 4.79 Å². The molecule has 0 aromatic carbocycles. The molecule has 3 N–H and O–H groups in total. The number of carboxylic acids is 1. The number of ether oxygens (including phenoxy) is 1. The minimum Gasteiger partial charge on any atom is -0.495 e. The summed E-state index contributed by atoms with van der Waals surface area (Å²) >= 11 is 1.18. The zero-order chi connectivity index (χ0) is 13.1. The van der Waals surface area contributed by atoms with E-state index in [1.54, 1.807) is 11.4 Å². The third kappa shape index (κ3) is 3.18. The van der Waals surface area contributed by atoms with E-state index in [-0.39, 0.29) is 6.54 Å². The summed E-state index contributed by atoms with van der Waals surface area (Å²) in [5.74, 6) is -1.45. The van der Waals surface area contributed by atoms with E-state index < -0.39 is 17.5 Å². The number of amides is 1. The van der Waals surface area contributed by atoms with Gasteiger partial charge in [-0.25, -0.2) is 4.79 Å². The second-order valence-electron chi connectivity index (χ2n) is 3.58. The van der Waals surface area contributed by atoms with Gasteiger partial charge in [0.15, 0.2) is 5.60 Å². The Balaban J connectivity index is 2.65. The summed E-state index contributed by atoms with van der Waals surface area (Å²) in [6.07, 6.45) is 0. The summed E-state index contributed by atoms with van der Waals surface area (Å²) < 4.78 is 4.96. The molecule has 0 radical (unpaired) electrons. The molecule has 0 fully saturated rings. The van der Waals surface area contributed by atoms with Gasteiger partial charge < -0.3 is 20.3 Å². The van der Waals surface area contributed by atoms with Gasteiger partial charge in [-0.15, -0.1) is 11.3 Å². The molecule has 0 aliphatic heterocycles. The van der Waals surface area contributed by atoms with E-state index in [9.17, 15) is 14.7 Å². The molecule has 0 bridgehead atoms. The zero-order valence-electron chi connectivity index (χ0n) is 9.39. The fourth-order valence-electron chi connectivity index (χ4n) is 1.03. The van der Waals surface area contributed by atoms with E-state index in [4.69, 9.17) is 9.84 Å². The van der Waals surface area contributed by atoms with Crippen molar-refractivity contribution in [3.8, 4) is 5.75 Å². The van der Waals surface area contributed by atoms with Gasteiger partial charge in [0.1, 0.15) is 10.6 Å². The van der Waals surface area contributed by atoms with Gasteiger partial charge >= 0.3 is 5.97 Å². The molecule has 0 aliphatic rings. The highest BCUT2D eigenvalue weighted by Crippen LogP contribution is 2.24. The maximum absolute atomic E-state index is 11.7. The number of aliphatic carboxylic acids is 1. The third-order valence-corrected chi connectivity index (χ3v) is 3.00. The number of carbonyl (C=O) groups excluding carboxylic acids is 1. The Morgan fingerprint density at radius 2 is 2.24 bits per heavy atom. The van der Waals surface area contributed by atoms with Gasteiger partial charge in [-0.1, -0.05) is 0 Å². The molecule has 1 rings (SSSR count). The summed E-state index contributed by atoms with van der Waals surface area (Å²) in [6, 6.07) is 1.63. The van der Waals surface area contributed by atoms with Gasteiger partial charge in [-0.2, -0.15) is 0 Å². The number of thiophene rings is 1. The van der Waals surface area contributed by atoms with E-state index in [1.165, 1.54) is 18.4 Å². The van der Waals surface area contributed by atoms with Crippen molar-refractivity contribution in [1.29, 1.82) is 0 Å². The van der Waals surface area contributed by atoms with E-state index in [0.717, 1.165) is 6.92 Å². The fourth-order valence-corrected chi connectivity index (χ4v) is 1.81. The number of nitrogens with one attached hydrogen (secondary N) is 1. The molecule has 1 unspecified atom stereocenters. The summed E-state index contributed by atoms with van der Waals surface area (Å²) in [6.45, 7) is 0.740. The predicted octanol–water partition coefficient (Wildman–Crippen LogP) is 0.322.